The molecule has 0 saturated heterocycles. The maximum atomic E-state index is 12.3. The first-order chi connectivity index (χ1) is 11.9. The van der Waals surface area contributed by atoms with E-state index in [4.69, 9.17) is 9.84 Å². The van der Waals surface area contributed by atoms with Gasteiger partial charge in [0.25, 0.3) is 11.8 Å². The van der Waals surface area contributed by atoms with Gasteiger partial charge < -0.3 is 20.5 Å². The SMILES string of the molecule is COCc1nc(C)c(C(=O)Nc2ccc(C(=O)NCC(=O)O)cc2)s1. The Morgan fingerprint density at radius 2 is 1.88 bits per heavy atom. The van der Waals surface area contributed by atoms with Crippen LogP contribution in [0.25, 0.3) is 0 Å². The van der Waals surface area contributed by atoms with Gasteiger partial charge in [0.2, 0.25) is 0 Å². The van der Waals surface area contributed by atoms with Crippen molar-refractivity contribution < 1.29 is 24.2 Å². The Labute approximate surface area is 147 Å². The van der Waals surface area contributed by atoms with E-state index in [9.17, 15) is 14.4 Å². The summed E-state index contributed by atoms with van der Waals surface area (Å²) in [6, 6.07) is 6.14. The molecular formula is C16H17N3O5S. The number of thiazole rings is 1. The van der Waals surface area contributed by atoms with Gasteiger partial charge in [-0.25, -0.2) is 4.98 Å². The molecule has 0 saturated carbocycles. The van der Waals surface area contributed by atoms with Crippen LogP contribution in [-0.2, 0) is 16.1 Å². The van der Waals surface area contributed by atoms with Crippen molar-refractivity contribution in [2.75, 3.05) is 19.0 Å². The molecule has 0 aliphatic rings. The molecule has 1 aromatic heterocycles. The average molecular weight is 363 g/mol. The summed E-state index contributed by atoms with van der Waals surface area (Å²) in [6.45, 7) is 1.64. The van der Waals surface area contributed by atoms with Crippen LogP contribution in [0.15, 0.2) is 24.3 Å². The fraction of sp³-hybridized carbons (Fsp3) is 0.250. The number of aromatic nitrogens is 1. The minimum atomic E-state index is -1.12. The van der Waals surface area contributed by atoms with Crippen molar-refractivity contribution in [2.24, 2.45) is 0 Å². The normalized spacial score (nSPS) is 10.3. The zero-order chi connectivity index (χ0) is 18.4. The molecule has 0 spiro atoms. The lowest BCUT2D eigenvalue weighted by atomic mass is 10.2. The fourth-order valence-electron chi connectivity index (χ4n) is 2.00. The summed E-state index contributed by atoms with van der Waals surface area (Å²) in [5.41, 5.74) is 1.44. The van der Waals surface area contributed by atoms with Gasteiger partial charge in [0.15, 0.2) is 0 Å². The van der Waals surface area contributed by atoms with Crippen LogP contribution >= 0.6 is 11.3 Å². The number of nitrogens with one attached hydrogen (secondary N) is 2. The van der Waals surface area contributed by atoms with E-state index in [1.165, 1.54) is 23.5 Å². The van der Waals surface area contributed by atoms with E-state index < -0.39 is 18.4 Å². The molecule has 0 fully saturated rings. The van der Waals surface area contributed by atoms with Crippen molar-refractivity contribution in [2.45, 2.75) is 13.5 Å². The van der Waals surface area contributed by atoms with Gasteiger partial charge in [-0.1, -0.05) is 0 Å². The molecule has 2 rings (SSSR count). The largest absolute Gasteiger partial charge is 0.480 e. The molecule has 0 atom stereocenters. The Bertz CT molecular complexity index is 786. The molecular weight excluding hydrogens is 346 g/mol. The molecule has 8 nitrogen and oxygen atoms in total. The fourth-order valence-corrected chi connectivity index (χ4v) is 2.93. The topological polar surface area (TPSA) is 118 Å². The Morgan fingerprint density at radius 1 is 1.20 bits per heavy atom. The lowest BCUT2D eigenvalue weighted by molar-refractivity contribution is -0.135. The summed E-state index contributed by atoms with van der Waals surface area (Å²) in [4.78, 5) is 39.3. The molecule has 1 heterocycles. The maximum absolute atomic E-state index is 12.3. The van der Waals surface area contributed by atoms with E-state index in [0.717, 1.165) is 5.01 Å². The summed E-state index contributed by atoms with van der Waals surface area (Å²) in [5, 5.41) is 14.3. The number of methoxy groups -OCH3 is 1. The molecule has 2 amide bonds. The van der Waals surface area contributed by atoms with Crippen molar-refractivity contribution in [3.63, 3.8) is 0 Å². The highest BCUT2D eigenvalue weighted by Gasteiger charge is 2.15. The smallest absolute Gasteiger partial charge is 0.322 e. The third-order valence-electron chi connectivity index (χ3n) is 3.12. The highest BCUT2D eigenvalue weighted by molar-refractivity contribution is 7.13. The van der Waals surface area contributed by atoms with E-state index in [-0.39, 0.29) is 5.91 Å². The van der Waals surface area contributed by atoms with Crippen LogP contribution in [0.4, 0.5) is 5.69 Å². The molecule has 9 heteroatoms. The van der Waals surface area contributed by atoms with E-state index in [1.807, 2.05) is 0 Å². The van der Waals surface area contributed by atoms with Gasteiger partial charge in [-0.2, -0.15) is 0 Å². The number of aryl methyl sites for hydroxylation is 1. The number of ether oxygens (including phenoxy) is 1. The van der Waals surface area contributed by atoms with E-state index >= 15 is 0 Å². The minimum Gasteiger partial charge on any atom is -0.480 e. The van der Waals surface area contributed by atoms with E-state index in [0.29, 0.717) is 28.4 Å². The number of hydrogen-bond donors (Lipinski definition) is 3. The molecule has 1 aromatic carbocycles. The second kappa shape index (κ2) is 8.36. The number of carbonyl (C=O) groups excluding carboxylic acids is 2. The number of rotatable bonds is 7. The monoisotopic (exact) mass is 363 g/mol. The zero-order valence-corrected chi connectivity index (χ0v) is 14.5. The standard InChI is InChI=1S/C16H17N3O5S/c1-9-14(25-12(18-9)8-24-2)16(23)19-11-5-3-10(4-6-11)15(22)17-7-13(20)21/h3-6H,7-8H2,1-2H3,(H,17,22)(H,19,23)(H,20,21). The lowest BCUT2D eigenvalue weighted by Gasteiger charge is -2.06. The summed E-state index contributed by atoms with van der Waals surface area (Å²) in [5.74, 6) is -1.91. The number of nitrogens with zero attached hydrogens (tertiary/aromatic N) is 1. The Kier molecular flexibility index (Phi) is 6.20. The van der Waals surface area contributed by atoms with E-state index in [2.05, 4.69) is 15.6 Å². The van der Waals surface area contributed by atoms with Crippen molar-refractivity contribution in [3.05, 3.63) is 45.4 Å². The third-order valence-corrected chi connectivity index (χ3v) is 4.25. The number of anilines is 1. The lowest BCUT2D eigenvalue weighted by Crippen LogP contribution is -2.29. The van der Waals surface area contributed by atoms with Gasteiger partial charge in [-0.15, -0.1) is 11.3 Å². The van der Waals surface area contributed by atoms with Crippen molar-refractivity contribution in [1.82, 2.24) is 10.3 Å². The molecule has 25 heavy (non-hydrogen) atoms. The molecule has 0 bridgehead atoms. The van der Waals surface area contributed by atoms with Crippen molar-refractivity contribution >= 4 is 34.8 Å². The average Bonchev–Trinajstić information content (AvgIpc) is 2.94. The minimum absolute atomic E-state index is 0.291. The van der Waals surface area contributed by atoms with E-state index in [1.54, 1.807) is 26.2 Å². The first-order valence-electron chi connectivity index (χ1n) is 7.27. The first kappa shape index (κ1) is 18.6. The van der Waals surface area contributed by atoms with Gasteiger partial charge in [0.05, 0.1) is 12.3 Å². The highest BCUT2D eigenvalue weighted by Crippen LogP contribution is 2.20. The second-order valence-corrected chi connectivity index (χ2v) is 6.15. The Morgan fingerprint density at radius 3 is 2.48 bits per heavy atom. The van der Waals surface area contributed by atoms with Gasteiger partial charge in [-0.05, 0) is 31.2 Å². The summed E-state index contributed by atoms with van der Waals surface area (Å²) in [7, 11) is 1.56. The maximum Gasteiger partial charge on any atom is 0.322 e. The van der Waals surface area contributed by atoms with Crippen LogP contribution in [0.3, 0.4) is 0 Å². The molecule has 0 unspecified atom stereocenters. The van der Waals surface area contributed by atoms with Gasteiger partial charge >= 0.3 is 5.97 Å². The quantitative estimate of drug-likeness (QED) is 0.689. The van der Waals surface area contributed by atoms with Crippen LogP contribution in [0.5, 0.6) is 0 Å². The number of carboxylic acids is 1. The number of benzene rings is 1. The number of hydrogen-bond acceptors (Lipinski definition) is 6. The predicted octanol–water partition coefficient (Wildman–Crippen LogP) is 1.66. The van der Waals surface area contributed by atoms with Crippen LogP contribution < -0.4 is 10.6 Å². The van der Waals surface area contributed by atoms with Crippen LogP contribution in [-0.4, -0.2) is 41.5 Å². The zero-order valence-electron chi connectivity index (χ0n) is 13.7. The molecule has 3 N–H and O–H groups in total. The van der Waals surface area contributed by atoms with Gasteiger partial charge in [-0.3, -0.25) is 14.4 Å². The van der Waals surface area contributed by atoms with Gasteiger partial charge in [0.1, 0.15) is 16.4 Å². The number of amides is 2. The summed E-state index contributed by atoms with van der Waals surface area (Å²) in [6.07, 6.45) is 0. The Hall–Kier alpha value is -2.78. The molecule has 2 aromatic rings. The summed E-state index contributed by atoms with van der Waals surface area (Å²) < 4.78 is 5.01. The Balaban J connectivity index is 2.02. The van der Waals surface area contributed by atoms with Crippen LogP contribution in [0, 0.1) is 6.92 Å². The highest BCUT2D eigenvalue weighted by atomic mass is 32.1. The first-order valence-corrected chi connectivity index (χ1v) is 8.09. The molecule has 0 aliphatic heterocycles. The predicted molar refractivity (Wildman–Crippen MR) is 91.9 cm³/mol. The second-order valence-electron chi connectivity index (χ2n) is 5.06. The van der Waals surface area contributed by atoms with Crippen molar-refractivity contribution in [3.8, 4) is 0 Å². The molecule has 0 aliphatic carbocycles. The number of carboxylic acid groups (broad SMARTS) is 1. The van der Waals surface area contributed by atoms with Gasteiger partial charge in [0, 0.05) is 18.4 Å². The number of carbonyl (C=O) groups is 3. The van der Waals surface area contributed by atoms with Crippen molar-refractivity contribution in [1.29, 1.82) is 0 Å². The number of aliphatic carboxylic acids is 1. The third kappa shape index (κ3) is 5.10. The molecule has 132 valence electrons. The summed E-state index contributed by atoms with van der Waals surface area (Å²) >= 11 is 1.26. The van der Waals surface area contributed by atoms with Crippen LogP contribution in [0.1, 0.15) is 30.7 Å². The molecule has 0 radical (unpaired) electrons. The van der Waals surface area contributed by atoms with Crippen LogP contribution in [0.2, 0.25) is 0 Å².